The van der Waals surface area contributed by atoms with E-state index in [1.807, 2.05) is 0 Å². The van der Waals surface area contributed by atoms with E-state index in [2.05, 4.69) is 18.7 Å². The maximum Gasteiger partial charge on any atom is 0.325 e. The first-order valence-corrected chi connectivity index (χ1v) is 8.20. The van der Waals surface area contributed by atoms with Crippen LogP contribution in [0.15, 0.2) is 0 Å². The Morgan fingerprint density at radius 3 is 2.35 bits per heavy atom. The Kier molecular flexibility index (Phi) is 5.08. The number of hydrogen-bond donors (Lipinski definition) is 2. The average molecular weight is 282 g/mol. The first kappa shape index (κ1) is 15.8. The van der Waals surface area contributed by atoms with Crippen molar-refractivity contribution in [2.75, 3.05) is 13.1 Å². The topological polar surface area (TPSA) is 66.6 Å². The van der Waals surface area contributed by atoms with Crippen LogP contribution in [-0.4, -0.2) is 40.6 Å². The summed E-state index contributed by atoms with van der Waals surface area (Å²) in [4.78, 5) is 14.0. The van der Waals surface area contributed by atoms with Crippen LogP contribution in [0.3, 0.4) is 0 Å². The van der Waals surface area contributed by atoms with Gasteiger partial charge in [-0.1, -0.05) is 26.7 Å². The molecule has 20 heavy (non-hydrogen) atoms. The quantitative estimate of drug-likeness (QED) is 0.717. The van der Waals surface area contributed by atoms with Crippen molar-refractivity contribution < 1.29 is 9.90 Å². The molecule has 0 aliphatic heterocycles. The lowest BCUT2D eigenvalue weighted by atomic mass is 9.92. The monoisotopic (exact) mass is 282 g/mol. The summed E-state index contributed by atoms with van der Waals surface area (Å²) in [5.74, 6) is 0.0207. The fourth-order valence-electron chi connectivity index (χ4n) is 3.39. The molecular formula is C16H30N2O2. The minimum absolute atomic E-state index is 0.183. The van der Waals surface area contributed by atoms with E-state index in [1.54, 1.807) is 0 Å². The van der Waals surface area contributed by atoms with Gasteiger partial charge in [0.25, 0.3) is 0 Å². The summed E-state index contributed by atoms with van der Waals surface area (Å²) in [7, 11) is 0. The molecule has 4 nitrogen and oxygen atoms in total. The first-order chi connectivity index (χ1) is 9.43. The Morgan fingerprint density at radius 1 is 1.30 bits per heavy atom. The lowest BCUT2D eigenvalue weighted by Gasteiger charge is -2.36. The molecule has 0 aromatic heterocycles. The Morgan fingerprint density at radius 2 is 1.90 bits per heavy atom. The molecule has 2 saturated carbocycles. The average Bonchev–Trinajstić information content (AvgIpc) is 3.10. The number of nitrogens with zero attached hydrogens (tertiary/aromatic N) is 1. The molecule has 0 heterocycles. The van der Waals surface area contributed by atoms with Crippen molar-refractivity contribution in [2.45, 2.75) is 70.4 Å². The second kappa shape index (κ2) is 6.44. The van der Waals surface area contributed by atoms with Crippen molar-refractivity contribution in [3.8, 4) is 0 Å². The van der Waals surface area contributed by atoms with Crippen molar-refractivity contribution >= 4 is 5.97 Å². The Balaban J connectivity index is 2.02. The van der Waals surface area contributed by atoms with Crippen LogP contribution < -0.4 is 5.73 Å². The van der Waals surface area contributed by atoms with Crippen LogP contribution in [0.4, 0.5) is 0 Å². The van der Waals surface area contributed by atoms with Crippen molar-refractivity contribution in [3.05, 3.63) is 0 Å². The van der Waals surface area contributed by atoms with E-state index in [0.29, 0.717) is 18.5 Å². The van der Waals surface area contributed by atoms with Gasteiger partial charge in [0.05, 0.1) is 0 Å². The van der Waals surface area contributed by atoms with Gasteiger partial charge in [0.15, 0.2) is 0 Å². The van der Waals surface area contributed by atoms with Crippen LogP contribution >= 0.6 is 0 Å². The lowest BCUT2D eigenvalue weighted by Crippen LogP contribution is -2.59. The van der Waals surface area contributed by atoms with Crippen LogP contribution in [0.5, 0.6) is 0 Å². The molecule has 0 bridgehead atoms. The lowest BCUT2D eigenvalue weighted by molar-refractivity contribution is -0.145. The zero-order chi connectivity index (χ0) is 14.8. The molecule has 2 fully saturated rings. The van der Waals surface area contributed by atoms with E-state index in [0.717, 1.165) is 25.8 Å². The van der Waals surface area contributed by atoms with E-state index < -0.39 is 11.5 Å². The molecule has 0 amide bonds. The van der Waals surface area contributed by atoms with Crippen LogP contribution in [0.25, 0.3) is 0 Å². The standard InChI is InChI=1S/C16H30N2O2/c1-12(2)9-10-18(14-5-3-4-6-14)11-16(17,15(19)20)13-7-8-13/h12-14H,3-11,17H2,1-2H3,(H,19,20). The van der Waals surface area contributed by atoms with Crippen molar-refractivity contribution in [3.63, 3.8) is 0 Å². The number of carboxylic acids is 1. The van der Waals surface area contributed by atoms with Gasteiger partial charge in [-0.25, -0.2) is 0 Å². The highest BCUT2D eigenvalue weighted by Gasteiger charge is 2.49. The molecular weight excluding hydrogens is 252 g/mol. The van der Waals surface area contributed by atoms with E-state index >= 15 is 0 Å². The Hall–Kier alpha value is -0.610. The summed E-state index contributed by atoms with van der Waals surface area (Å²) < 4.78 is 0. The summed E-state index contributed by atoms with van der Waals surface area (Å²) in [5, 5.41) is 9.56. The highest BCUT2D eigenvalue weighted by atomic mass is 16.4. The third-order valence-electron chi connectivity index (χ3n) is 5.00. The smallest absolute Gasteiger partial charge is 0.325 e. The fourth-order valence-corrected chi connectivity index (χ4v) is 3.39. The van der Waals surface area contributed by atoms with Gasteiger partial charge in [-0.05, 0) is 50.5 Å². The minimum Gasteiger partial charge on any atom is -0.480 e. The van der Waals surface area contributed by atoms with Gasteiger partial charge < -0.3 is 10.8 Å². The molecule has 0 aromatic carbocycles. The molecule has 4 heteroatoms. The van der Waals surface area contributed by atoms with E-state index in [4.69, 9.17) is 5.73 Å². The molecule has 2 aliphatic rings. The molecule has 116 valence electrons. The van der Waals surface area contributed by atoms with Gasteiger partial charge in [-0.3, -0.25) is 9.69 Å². The molecule has 2 aliphatic carbocycles. The van der Waals surface area contributed by atoms with Gasteiger partial charge in [0.1, 0.15) is 5.54 Å². The molecule has 0 aromatic rings. The molecule has 0 radical (unpaired) electrons. The highest BCUT2D eigenvalue weighted by Crippen LogP contribution is 2.40. The molecule has 1 unspecified atom stereocenters. The zero-order valence-electron chi connectivity index (χ0n) is 13.0. The van der Waals surface area contributed by atoms with Gasteiger partial charge in [0.2, 0.25) is 0 Å². The fraction of sp³-hybridized carbons (Fsp3) is 0.938. The number of hydrogen-bond acceptors (Lipinski definition) is 3. The normalized spacial score (nSPS) is 23.4. The SMILES string of the molecule is CC(C)CCN(CC(N)(C(=O)O)C1CC1)C1CCCC1. The minimum atomic E-state index is -1.03. The molecule has 0 spiro atoms. The summed E-state index contributed by atoms with van der Waals surface area (Å²) in [5.41, 5.74) is 5.25. The van der Waals surface area contributed by atoms with E-state index in [-0.39, 0.29) is 5.92 Å². The van der Waals surface area contributed by atoms with Gasteiger partial charge >= 0.3 is 5.97 Å². The zero-order valence-corrected chi connectivity index (χ0v) is 13.0. The van der Waals surface area contributed by atoms with E-state index in [1.165, 1.54) is 25.7 Å². The highest BCUT2D eigenvalue weighted by molar-refractivity contribution is 5.79. The summed E-state index contributed by atoms with van der Waals surface area (Å²) in [6.07, 6.45) is 8.04. The third-order valence-corrected chi connectivity index (χ3v) is 5.00. The maximum absolute atomic E-state index is 11.6. The third kappa shape index (κ3) is 3.73. The molecule has 0 saturated heterocycles. The molecule has 1 atom stereocenters. The molecule has 2 rings (SSSR count). The second-order valence-corrected chi connectivity index (χ2v) is 7.21. The van der Waals surface area contributed by atoms with Gasteiger partial charge in [0, 0.05) is 12.6 Å². The van der Waals surface area contributed by atoms with Crippen LogP contribution in [0, 0.1) is 11.8 Å². The van der Waals surface area contributed by atoms with Crippen molar-refractivity contribution in [2.24, 2.45) is 17.6 Å². The number of carbonyl (C=O) groups is 1. The number of aliphatic carboxylic acids is 1. The largest absolute Gasteiger partial charge is 0.480 e. The summed E-state index contributed by atoms with van der Waals surface area (Å²) >= 11 is 0. The predicted molar refractivity (Wildman–Crippen MR) is 80.6 cm³/mol. The summed E-state index contributed by atoms with van der Waals surface area (Å²) in [6, 6.07) is 0.551. The number of rotatable bonds is 8. The van der Waals surface area contributed by atoms with Crippen LogP contribution in [-0.2, 0) is 4.79 Å². The summed E-state index contributed by atoms with van der Waals surface area (Å²) in [6.45, 7) is 5.97. The van der Waals surface area contributed by atoms with Gasteiger partial charge in [-0.15, -0.1) is 0 Å². The van der Waals surface area contributed by atoms with Crippen LogP contribution in [0.2, 0.25) is 0 Å². The van der Waals surface area contributed by atoms with Crippen molar-refractivity contribution in [1.82, 2.24) is 4.90 Å². The maximum atomic E-state index is 11.6. The van der Waals surface area contributed by atoms with Gasteiger partial charge in [-0.2, -0.15) is 0 Å². The first-order valence-electron chi connectivity index (χ1n) is 8.20. The Labute approximate surface area is 122 Å². The van der Waals surface area contributed by atoms with E-state index in [9.17, 15) is 9.90 Å². The van der Waals surface area contributed by atoms with Crippen molar-refractivity contribution in [1.29, 1.82) is 0 Å². The second-order valence-electron chi connectivity index (χ2n) is 7.21. The predicted octanol–water partition coefficient (Wildman–Crippen LogP) is 2.47. The molecule has 3 N–H and O–H groups in total. The Bertz CT molecular complexity index is 335. The number of nitrogens with two attached hydrogens (primary N) is 1. The van der Waals surface area contributed by atoms with Crippen LogP contribution in [0.1, 0.15) is 58.8 Å². The number of carboxylic acid groups (broad SMARTS) is 1.